The van der Waals surface area contributed by atoms with Crippen molar-refractivity contribution < 1.29 is 14.3 Å². The van der Waals surface area contributed by atoms with E-state index in [2.05, 4.69) is 17.1 Å². The zero-order valence-electron chi connectivity index (χ0n) is 14.4. The monoisotopic (exact) mass is 332 g/mol. The van der Waals surface area contributed by atoms with E-state index in [1.54, 1.807) is 6.08 Å². The van der Waals surface area contributed by atoms with Crippen LogP contribution in [0.1, 0.15) is 50.0 Å². The molecule has 1 aliphatic heterocycles. The summed E-state index contributed by atoms with van der Waals surface area (Å²) in [7, 11) is 0. The van der Waals surface area contributed by atoms with Crippen LogP contribution in [0.15, 0.2) is 22.6 Å². The molecule has 1 aliphatic carbocycles. The van der Waals surface area contributed by atoms with Crippen LogP contribution >= 0.6 is 0 Å². The van der Waals surface area contributed by atoms with Crippen LogP contribution in [0.25, 0.3) is 6.08 Å². The Hall–Kier alpha value is -1.59. The molecule has 2 unspecified atom stereocenters. The fourth-order valence-electron chi connectivity index (χ4n) is 3.25. The molecule has 0 spiro atoms. The van der Waals surface area contributed by atoms with E-state index >= 15 is 0 Å². The van der Waals surface area contributed by atoms with Gasteiger partial charge in [0, 0.05) is 31.6 Å². The van der Waals surface area contributed by atoms with Crippen molar-refractivity contribution in [2.75, 3.05) is 26.2 Å². The van der Waals surface area contributed by atoms with Crippen molar-refractivity contribution in [3.63, 3.8) is 0 Å². The van der Waals surface area contributed by atoms with Gasteiger partial charge in [-0.05, 0) is 56.4 Å². The molecule has 0 aromatic carbocycles. The summed E-state index contributed by atoms with van der Waals surface area (Å²) in [4.78, 5) is 14.2. The Balaban J connectivity index is 1.31. The molecule has 2 N–H and O–H groups in total. The Morgan fingerprint density at radius 2 is 2.17 bits per heavy atom. The zero-order valence-corrected chi connectivity index (χ0v) is 14.4. The molecule has 1 amide bonds. The Kier molecular flexibility index (Phi) is 5.74. The van der Waals surface area contributed by atoms with Crippen LogP contribution in [0.2, 0.25) is 0 Å². The molecule has 2 atom stereocenters. The third kappa shape index (κ3) is 4.95. The lowest BCUT2D eigenvalue weighted by molar-refractivity contribution is -0.116. The predicted molar refractivity (Wildman–Crippen MR) is 93.6 cm³/mol. The van der Waals surface area contributed by atoms with Gasteiger partial charge in [0.05, 0.1) is 6.10 Å². The number of piperidine rings is 1. The highest BCUT2D eigenvalue weighted by molar-refractivity contribution is 5.91. The molecule has 0 bridgehead atoms. The van der Waals surface area contributed by atoms with Crippen molar-refractivity contribution in [3.8, 4) is 0 Å². The van der Waals surface area contributed by atoms with Crippen molar-refractivity contribution in [2.45, 2.75) is 44.6 Å². The standard InChI is InChI=1S/C19H28N2O3/c1-14-13-17(14)18-5-3-16(24-18)4-6-19(23)20-9-2-10-21-11-7-15(22)8-12-21/h3-6,14-15,17,22H,2,7-13H2,1H3,(H,20,23)/b6-4+. The van der Waals surface area contributed by atoms with Gasteiger partial charge in [0.2, 0.25) is 5.91 Å². The second-order valence-corrected chi connectivity index (χ2v) is 7.11. The van der Waals surface area contributed by atoms with E-state index in [1.165, 1.54) is 12.5 Å². The molecule has 132 valence electrons. The van der Waals surface area contributed by atoms with Gasteiger partial charge < -0.3 is 19.7 Å². The van der Waals surface area contributed by atoms with Gasteiger partial charge in [-0.25, -0.2) is 0 Å². The van der Waals surface area contributed by atoms with E-state index in [0.29, 0.717) is 12.5 Å². The van der Waals surface area contributed by atoms with E-state index < -0.39 is 0 Å². The van der Waals surface area contributed by atoms with Gasteiger partial charge in [0.25, 0.3) is 0 Å². The van der Waals surface area contributed by atoms with E-state index in [4.69, 9.17) is 4.42 Å². The molecule has 0 radical (unpaired) electrons. The summed E-state index contributed by atoms with van der Waals surface area (Å²) in [6.45, 7) is 5.77. The first-order chi connectivity index (χ1) is 11.6. The zero-order chi connectivity index (χ0) is 16.9. The van der Waals surface area contributed by atoms with Crippen molar-refractivity contribution in [1.82, 2.24) is 10.2 Å². The molecule has 3 rings (SSSR count). The maximum atomic E-state index is 11.8. The summed E-state index contributed by atoms with van der Waals surface area (Å²) in [6, 6.07) is 3.94. The van der Waals surface area contributed by atoms with Crippen molar-refractivity contribution >= 4 is 12.0 Å². The summed E-state index contributed by atoms with van der Waals surface area (Å²) in [5.41, 5.74) is 0. The highest BCUT2D eigenvalue weighted by Gasteiger charge is 2.36. The van der Waals surface area contributed by atoms with Gasteiger partial charge in [0.1, 0.15) is 11.5 Å². The van der Waals surface area contributed by atoms with Crippen LogP contribution in [0, 0.1) is 5.92 Å². The normalized spacial score (nSPS) is 25.2. The molecule has 5 nitrogen and oxygen atoms in total. The quantitative estimate of drug-likeness (QED) is 0.594. The Labute approximate surface area is 143 Å². The topological polar surface area (TPSA) is 65.7 Å². The summed E-state index contributed by atoms with van der Waals surface area (Å²) < 4.78 is 5.75. The minimum atomic E-state index is -0.128. The molecular weight excluding hydrogens is 304 g/mol. The first kappa shape index (κ1) is 17.2. The maximum Gasteiger partial charge on any atom is 0.244 e. The summed E-state index contributed by atoms with van der Waals surface area (Å²) >= 11 is 0. The second kappa shape index (κ2) is 7.99. The number of hydrogen-bond donors (Lipinski definition) is 2. The number of nitrogens with zero attached hydrogens (tertiary/aromatic N) is 1. The van der Waals surface area contributed by atoms with Crippen LogP contribution in [-0.2, 0) is 4.79 Å². The van der Waals surface area contributed by atoms with Crippen LogP contribution < -0.4 is 5.32 Å². The van der Waals surface area contributed by atoms with Crippen molar-refractivity contribution in [1.29, 1.82) is 0 Å². The summed E-state index contributed by atoms with van der Waals surface area (Å²) in [5, 5.41) is 12.4. The largest absolute Gasteiger partial charge is 0.461 e. The van der Waals surface area contributed by atoms with Gasteiger partial charge in [-0.1, -0.05) is 6.92 Å². The number of nitrogens with one attached hydrogen (secondary N) is 1. The number of aliphatic hydroxyl groups is 1. The highest BCUT2D eigenvalue weighted by atomic mass is 16.3. The molecule has 1 saturated heterocycles. The first-order valence-electron chi connectivity index (χ1n) is 9.08. The molecule has 5 heteroatoms. The van der Waals surface area contributed by atoms with Gasteiger partial charge in [-0.3, -0.25) is 4.79 Å². The number of rotatable bonds is 7. The van der Waals surface area contributed by atoms with E-state index in [9.17, 15) is 9.90 Å². The Bertz CT molecular complexity index is 573. The number of aliphatic hydroxyl groups excluding tert-OH is 1. The fourth-order valence-corrected chi connectivity index (χ4v) is 3.25. The SMILES string of the molecule is CC1CC1c1ccc(/C=C/C(=O)NCCCN2CCC(O)CC2)o1. The molecule has 2 aliphatic rings. The smallest absolute Gasteiger partial charge is 0.244 e. The minimum absolute atomic E-state index is 0.0817. The fraction of sp³-hybridized carbons (Fsp3) is 0.632. The lowest BCUT2D eigenvalue weighted by atomic mass is 10.1. The van der Waals surface area contributed by atoms with Crippen LogP contribution in [0.4, 0.5) is 0 Å². The van der Waals surface area contributed by atoms with Gasteiger partial charge in [0.15, 0.2) is 0 Å². The van der Waals surface area contributed by atoms with E-state index in [-0.39, 0.29) is 12.0 Å². The van der Waals surface area contributed by atoms with Gasteiger partial charge in [-0.2, -0.15) is 0 Å². The number of carbonyl (C=O) groups is 1. The number of likely N-dealkylation sites (tertiary alicyclic amines) is 1. The number of carbonyl (C=O) groups excluding carboxylic acids is 1. The molecule has 24 heavy (non-hydrogen) atoms. The Morgan fingerprint density at radius 3 is 2.88 bits per heavy atom. The third-order valence-corrected chi connectivity index (χ3v) is 5.03. The van der Waals surface area contributed by atoms with Crippen molar-refractivity contribution in [2.24, 2.45) is 5.92 Å². The van der Waals surface area contributed by atoms with Gasteiger partial charge in [-0.15, -0.1) is 0 Å². The molecular formula is C19H28N2O3. The van der Waals surface area contributed by atoms with Crippen LogP contribution in [-0.4, -0.2) is 48.2 Å². The first-order valence-corrected chi connectivity index (χ1v) is 9.08. The van der Waals surface area contributed by atoms with Crippen LogP contribution in [0.5, 0.6) is 0 Å². The van der Waals surface area contributed by atoms with Crippen molar-refractivity contribution in [3.05, 3.63) is 29.7 Å². The average Bonchev–Trinajstić information content (AvgIpc) is 3.12. The molecule has 1 aromatic rings. The van der Waals surface area contributed by atoms with E-state index in [0.717, 1.165) is 56.3 Å². The average molecular weight is 332 g/mol. The molecule has 2 fully saturated rings. The number of hydrogen-bond acceptors (Lipinski definition) is 4. The molecule has 2 heterocycles. The molecule has 1 aromatic heterocycles. The predicted octanol–water partition coefficient (Wildman–Crippen LogP) is 2.38. The van der Waals surface area contributed by atoms with Gasteiger partial charge >= 0.3 is 0 Å². The summed E-state index contributed by atoms with van der Waals surface area (Å²) in [5.74, 6) is 2.98. The van der Waals surface area contributed by atoms with Crippen LogP contribution in [0.3, 0.4) is 0 Å². The summed E-state index contributed by atoms with van der Waals surface area (Å²) in [6.07, 6.45) is 7.00. The number of amides is 1. The third-order valence-electron chi connectivity index (χ3n) is 5.03. The second-order valence-electron chi connectivity index (χ2n) is 7.11. The highest BCUT2D eigenvalue weighted by Crippen LogP contribution is 2.47. The van der Waals surface area contributed by atoms with E-state index in [1.807, 2.05) is 12.1 Å². The minimum Gasteiger partial charge on any atom is -0.461 e. The molecule has 1 saturated carbocycles. The number of furan rings is 1. The lowest BCUT2D eigenvalue weighted by Crippen LogP contribution is -2.37. The Morgan fingerprint density at radius 1 is 1.42 bits per heavy atom. The maximum absolute atomic E-state index is 11.8. The lowest BCUT2D eigenvalue weighted by Gasteiger charge is -2.29.